The molecule has 0 bridgehead atoms. The van der Waals surface area contributed by atoms with Crippen molar-refractivity contribution in [2.75, 3.05) is 0 Å². The third-order valence-corrected chi connectivity index (χ3v) is 2.99. The van der Waals surface area contributed by atoms with Gasteiger partial charge in [-0.15, -0.1) is 6.42 Å². The lowest BCUT2D eigenvalue weighted by Crippen LogP contribution is -2.33. The molecule has 17 heavy (non-hydrogen) atoms. The second-order valence-electron chi connectivity index (χ2n) is 4.08. The van der Waals surface area contributed by atoms with Gasteiger partial charge in [-0.05, 0) is 12.8 Å². The zero-order valence-corrected chi connectivity index (χ0v) is 9.55. The first-order chi connectivity index (χ1) is 8.15. The Balaban J connectivity index is 2.36. The van der Waals surface area contributed by atoms with Crippen molar-refractivity contribution in [3.8, 4) is 12.3 Å². The quantitative estimate of drug-likeness (QED) is 0.757. The van der Waals surface area contributed by atoms with E-state index in [-0.39, 0.29) is 12.0 Å². The van der Waals surface area contributed by atoms with Gasteiger partial charge in [0, 0.05) is 12.3 Å². The van der Waals surface area contributed by atoms with Crippen LogP contribution in [0.4, 0.5) is 0 Å². The summed E-state index contributed by atoms with van der Waals surface area (Å²) in [5, 5.41) is 0. The molecule has 0 aliphatic carbocycles. The van der Waals surface area contributed by atoms with Crippen molar-refractivity contribution in [1.82, 2.24) is 9.55 Å². The maximum Gasteiger partial charge on any atom is 0.330 e. The van der Waals surface area contributed by atoms with Crippen LogP contribution in [0.25, 0.3) is 0 Å². The molecule has 1 saturated heterocycles. The fourth-order valence-electron chi connectivity index (χ4n) is 2.05. The molecule has 2 heterocycles. The number of hydrogen-bond acceptors (Lipinski definition) is 3. The third-order valence-electron chi connectivity index (χ3n) is 2.99. The summed E-state index contributed by atoms with van der Waals surface area (Å²) in [7, 11) is 0. The monoisotopic (exact) mass is 234 g/mol. The van der Waals surface area contributed by atoms with Crippen molar-refractivity contribution >= 4 is 0 Å². The fraction of sp³-hybridized carbons (Fsp3) is 0.500. The van der Waals surface area contributed by atoms with E-state index in [1.165, 1.54) is 16.8 Å². The molecule has 0 radical (unpaired) electrons. The highest BCUT2D eigenvalue weighted by molar-refractivity contribution is 5.01. The van der Waals surface area contributed by atoms with Crippen LogP contribution >= 0.6 is 0 Å². The standard InChI is InChI=1S/C12H14N2O3/c1-3-8-7-9(4-2)17-11(8)14-6-5-10(15)13-12(14)16/h1,5-6,8-9,11H,4,7H2,2H3,(H,13,15,16)/t8-,9+,11+/m0/s1. The van der Waals surface area contributed by atoms with Gasteiger partial charge in [-0.3, -0.25) is 14.3 Å². The number of H-pyrrole nitrogens is 1. The molecular weight excluding hydrogens is 220 g/mol. The van der Waals surface area contributed by atoms with Crippen LogP contribution in [0.5, 0.6) is 0 Å². The van der Waals surface area contributed by atoms with E-state index in [0.29, 0.717) is 0 Å². The SMILES string of the molecule is C#C[C@H]1C[C@@H](CC)O[C@H]1n1ccc(=O)[nH]c1=O. The van der Waals surface area contributed by atoms with E-state index in [1.807, 2.05) is 6.92 Å². The molecule has 0 spiro atoms. The van der Waals surface area contributed by atoms with Crippen LogP contribution in [0, 0.1) is 18.3 Å². The number of nitrogens with one attached hydrogen (secondary N) is 1. The first-order valence-corrected chi connectivity index (χ1v) is 5.58. The normalized spacial score (nSPS) is 27.9. The van der Waals surface area contributed by atoms with Gasteiger partial charge < -0.3 is 4.74 Å². The van der Waals surface area contributed by atoms with Gasteiger partial charge >= 0.3 is 5.69 Å². The van der Waals surface area contributed by atoms with Crippen molar-refractivity contribution in [2.45, 2.75) is 32.1 Å². The molecule has 5 nitrogen and oxygen atoms in total. The van der Waals surface area contributed by atoms with Crippen molar-refractivity contribution in [2.24, 2.45) is 5.92 Å². The maximum atomic E-state index is 11.6. The first-order valence-electron chi connectivity index (χ1n) is 5.58. The summed E-state index contributed by atoms with van der Waals surface area (Å²) in [5.74, 6) is 2.51. The lowest BCUT2D eigenvalue weighted by Gasteiger charge is -2.16. The zero-order chi connectivity index (χ0) is 12.4. The number of ether oxygens (including phenoxy) is 1. The zero-order valence-electron chi connectivity index (χ0n) is 9.55. The summed E-state index contributed by atoms with van der Waals surface area (Å²) < 4.78 is 7.07. The molecule has 1 fully saturated rings. The summed E-state index contributed by atoms with van der Waals surface area (Å²) in [6, 6.07) is 1.29. The van der Waals surface area contributed by atoms with E-state index in [2.05, 4.69) is 10.9 Å². The predicted molar refractivity (Wildman–Crippen MR) is 62.5 cm³/mol. The van der Waals surface area contributed by atoms with Crippen LogP contribution in [0.2, 0.25) is 0 Å². The van der Waals surface area contributed by atoms with Gasteiger partial charge in [-0.2, -0.15) is 0 Å². The smallest absolute Gasteiger partial charge is 0.330 e. The Labute approximate surface area is 98.4 Å². The summed E-state index contributed by atoms with van der Waals surface area (Å²) in [4.78, 5) is 24.8. The Kier molecular flexibility index (Phi) is 3.16. The minimum Gasteiger partial charge on any atom is -0.353 e. The second kappa shape index (κ2) is 4.60. The number of aromatic amines is 1. The third kappa shape index (κ3) is 2.17. The van der Waals surface area contributed by atoms with Crippen molar-refractivity contribution in [3.05, 3.63) is 33.1 Å². The predicted octanol–water partition coefficient (Wildman–Crippen LogP) is 0.484. The second-order valence-corrected chi connectivity index (χ2v) is 4.08. The van der Waals surface area contributed by atoms with E-state index in [1.54, 1.807) is 0 Å². The summed E-state index contributed by atoms with van der Waals surface area (Å²) in [6.07, 6.45) is 8.05. The molecule has 3 atom stereocenters. The Morgan fingerprint density at radius 3 is 3.00 bits per heavy atom. The van der Waals surface area contributed by atoms with E-state index >= 15 is 0 Å². The summed E-state index contributed by atoms with van der Waals surface area (Å²) in [6.45, 7) is 2.01. The minimum atomic E-state index is -0.487. The van der Waals surface area contributed by atoms with E-state index < -0.39 is 17.5 Å². The molecule has 1 N–H and O–H groups in total. The molecule has 5 heteroatoms. The number of hydrogen-bond donors (Lipinski definition) is 1. The highest BCUT2D eigenvalue weighted by Crippen LogP contribution is 2.33. The Morgan fingerprint density at radius 1 is 1.65 bits per heavy atom. The average Bonchev–Trinajstić information content (AvgIpc) is 2.72. The van der Waals surface area contributed by atoms with Crippen molar-refractivity contribution in [1.29, 1.82) is 0 Å². The molecule has 1 aliphatic heterocycles. The van der Waals surface area contributed by atoms with Gasteiger partial charge in [0.25, 0.3) is 5.56 Å². The van der Waals surface area contributed by atoms with Gasteiger partial charge in [0.2, 0.25) is 0 Å². The average molecular weight is 234 g/mol. The Bertz CT molecular complexity index is 552. The molecule has 1 aromatic heterocycles. The van der Waals surface area contributed by atoms with Gasteiger partial charge in [-0.25, -0.2) is 4.79 Å². The van der Waals surface area contributed by atoms with Crippen LogP contribution in [-0.4, -0.2) is 15.7 Å². The van der Waals surface area contributed by atoms with Gasteiger partial charge in [0.05, 0.1) is 12.0 Å². The van der Waals surface area contributed by atoms with E-state index in [0.717, 1.165) is 12.8 Å². The first kappa shape index (κ1) is 11.7. The summed E-state index contributed by atoms with van der Waals surface area (Å²) in [5.41, 5.74) is -0.909. The fourth-order valence-corrected chi connectivity index (χ4v) is 2.05. The lowest BCUT2D eigenvalue weighted by atomic mass is 10.0. The highest BCUT2D eigenvalue weighted by Gasteiger charge is 2.34. The number of nitrogens with zero attached hydrogens (tertiary/aromatic N) is 1. The van der Waals surface area contributed by atoms with Crippen molar-refractivity contribution < 1.29 is 4.74 Å². The molecule has 0 amide bonds. The van der Waals surface area contributed by atoms with Gasteiger partial charge in [0.1, 0.15) is 0 Å². The Hall–Kier alpha value is -1.80. The number of terminal acetylenes is 1. The number of aromatic nitrogens is 2. The van der Waals surface area contributed by atoms with Crippen LogP contribution in [-0.2, 0) is 4.74 Å². The van der Waals surface area contributed by atoms with E-state index in [9.17, 15) is 9.59 Å². The largest absolute Gasteiger partial charge is 0.353 e. The molecule has 90 valence electrons. The van der Waals surface area contributed by atoms with Gasteiger partial charge in [-0.1, -0.05) is 12.8 Å². The van der Waals surface area contributed by atoms with Crippen LogP contribution in [0.15, 0.2) is 21.9 Å². The molecule has 1 aliphatic rings. The minimum absolute atomic E-state index is 0.0693. The van der Waals surface area contributed by atoms with E-state index in [4.69, 9.17) is 11.2 Å². The van der Waals surface area contributed by atoms with Gasteiger partial charge in [0.15, 0.2) is 6.23 Å². The molecule has 0 unspecified atom stereocenters. The molecular formula is C12H14N2O3. The van der Waals surface area contributed by atoms with Crippen LogP contribution < -0.4 is 11.2 Å². The highest BCUT2D eigenvalue weighted by atomic mass is 16.5. The van der Waals surface area contributed by atoms with Crippen LogP contribution in [0.1, 0.15) is 26.0 Å². The Morgan fingerprint density at radius 2 is 2.41 bits per heavy atom. The molecule has 1 aromatic rings. The molecule has 0 aromatic carbocycles. The maximum absolute atomic E-state index is 11.6. The lowest BCUT2D eigenvalue weighted by molar-refractivity contribution is -0.00978. The topological polar surface area (TPSA) is 64.1 Å². The number of rotatable bonds is 2. The molecule has 2 rings (SSSR count). The van der Waals surface area contributed by atoms with Crippen molar-refractivity contribution in [3.63, 3.8) is 0 Å². The van der Waals surface area contributed by atoms with Crippen LogP contribution in [0.3, 0.4) is 0 Å². The molecule has 0 saturated carbocycles. The summed E-state index contributed by atoms with van der Waals surface area (Å²) >= 11 is 0.